The van der Waals surface area contributed by atoms with Gasteiger partial charge in [0, 0.05) is 24.5 Å². The SMILES string of the molecule is O=C(NCCCSc1ccccc1)C1CCCN(S(=O)(=O)c2cccs2)C1. The molecule has 8 heteroatoms. The van der Waals surface area contributed by atoms with Crippen LogP contribution in [0.25, 0.3) is 0 Å². The zero-order valence-corrected chi connectivity index (χ0v) is 17.5. The van der Waals surface area contributed by atoms with Crippen molar-refractivity contribution in [3.63, 3.8) is 0 Å². The number of sulfonamides is 1. The molecule has 1 atom stereocenters. The minimum atomic E-state index is -3.48. The second-order valence-corrected chi connectivity index (χ2v) is 10.7. The highest BCUT2D eigenvalue weighted by molar-refractivity contribution is 7.99. The van der Waals surface area contributed by atoms with Gasteiger partial charge in [-0.05, 0) is 48.6 Å². The molecule has 27 heavy (non-hydrogen) atoms. The molecule has 0 radical (unpaired) electrons. The van der Waals surface area contributed by atoms with Gasteiger partial charge in [-0.15, -0.1) is 23.1 Å². The summed E-state index contributed by atoms with van der Waals surface area (Å²) in [4.78, 5) is 13.7. The first kappa shape index (κ1) is 20.4. The molecule has 0 bridgehead atoms. The number of hydrogen-bond donors (Lipinski definition) is 1. The number of benzene rings is 1. The molecule has 3 rings (SSSR count). The van der Waals surface area contributed by atoms with E-state index in [1.807, 2.05) is 18.2 Å². The molecule has 5 nitrogen and oxygen atoms in total. The first-order chi connectivity index (χ1) is 13.1. The summed E-state index contributed by atoms with van der Waals surface area (Å²) in [6.07, 6.45) is 2.34. The smallest absolute Gasteiger partial charge is 0.252 e. The molecule has 2 aromatic rings. The van der Waals surface area contributed by atoms with Crippen molar-refractivity contribution in [3.8, 4) is 0 Å². The van der Waals surface area contributed by atoms with Crippen LogP contribution in [0.15, 0.2) is 56.9 Å². The molecule has 1 aromatic carbocycles. The molecule has 1 aromatic heterocycles. The number of amides is 1. The lowest BCUT2D eigenvalue weighted by Gasteiger charge is -2.30. The predicted molar refractivity (Wildman–Crippen MR) is 111 cm³/mol. The molecule has 1 unspecified atom stereocenters. The number of rotatable bonds is 8. The summed E-state index contributed by atoms with van der Waals surface area (Å²) < 4.78 is 27.1. The van der Waals surface area contributed by atoms with E-state index in [9.17, 15) is 13.2 Å². The van der Waals surface area contributed by atoms with E-state index in [1.165, 1.54) is 20.5 Å². The van der Waals surface area contributed by atoms with Crippen molar-refractivity contribution in [3.05, 3.63) is 47.8 Å². The Kier molecular flexibility index (Phi) is 7.34. The van der Waals surface area contributed by atoms with Gasteiger partial charge < -0.3 is 5.32 Å². The summed E-state index contributed by atoms with van der Waals surface area (Å²) in [7, 11) is -3.48. The molecular weight excluding hydrogens is 400 g/mol. The Hall–Kier alpha value is -1.35. The molecule has 1 fully saturated rings. The standard InChI is InChI=1S/C19H24N2O3S3/c22-19(20-11-6-14-25-17-8-2-1-3-9-17)16-7-4-12-21(15-16)27(23,24)18-10-5-13-26-18/h1-3,5,8-10,13,16H,4,6-7,11-12,14-15H2,(H,20,22). The van der Waals surface area contributed by atoms with Gasteiger partial charge in [0.25, 0.3) is 10.0 Å². The zero-order chi connectivity index (χ0) is 19.1. The van der Waals surface area contributed by atoms with Crippen LogP contribution in [0.2, 0.25) is 0 Å². The second kappa shape index (κ2) is 9.73. The maximum absolute atomic E-state index is 12.7. The van der Waals surface area contributed by atoms with Crippen LogP contribution in [0.5, 0.6) is 0 Å². The van der Waals surface area contributed by atoms with Gasteiger partial charge in [0.2, 0.25) is 5.91 Å². The number of carbonyl (C=O) groups excluding carboxylic acids is 1. The predicted octanol–water partition coefficient (Wildman–Crippen LogP) is 3.45. The van der Waals surface area contributed by atoms with Gasteiger partial charge in [-0.3, -0.25) is 4.79 Å². The zero-order valence-electron chi connectivity index (χ0n) is 15.0. The lowest BCUT2D eigenvalue weighted by molar-refractivity contribution is -0.126. The fraction of sp³-hybridized carbons (Fsp3) is 0.421. The highest BCUT2D eigenvalue weighted by atomic mass is 32.2. The summed E-state index contributed by atoms with van der Waals surface area (Å²) in [5, 5.41) is 4.73. The van der Waals surface area contributed by atoms with Crippen LogP contribution < -0.4 is 5.32 Å². The number of piperidine rings is 1. The van der Waals surface area contributed by atoms with E-state index in [2.05, 4.69) is 17.4 Å². The quantitative estimate of drug-likeness (QED) is 0.521. The molecule has 1 amide bonds. The summed E-state index contributed by atoms with van der Waals surface area (Å²) in [5.41, 5.74) is 0. The molecule has 1 N–H and O–H groups in total. The van der Waals surface area contributed by atoms with Crippen LogP contribution in [-0.2, 0) is 14.8 Å². The monoisotopic (exact) mass is 424 g/mol. The lowest BCUT2D eigenvalue weighted by atomic mass is 9.99. The van der Waals surface area contributed by atoms with Gasteiger partial charge in [-0.2, -0.15) is 4.31 Å². The summed E-state index contributed by atoms with van der Waals surface area (Å²) in [6.45, 7) is 1.37. The normalized spacial score (nSPS) is 18.3. The molecule has 1 aliphatic rings. The first-order valence-corrected chi connectivity index (χ1v) is 12.4. The topological polar surface area (TPSA) is 66.5 Å². The molecule has 146 valence electrons. The van der Waals surface area contributed by atoms with E-state index in [1.54, 1.807) is 29.3 Å². The minimum absolute atomic E-state index is 0.0363. The maximum atomic E-state index is 12.7. The number of hydrogen-bond acceptors (Lipinski definition) is 5. The van der Waals surface area contributed by atoms with E-state index < -0.39 is 10.0 Å². The van der Waals surface area contributed by atoms with E-state index in [0.717, 1.165) is 18.6 Å². The van der Waals surface area contributed by atoms with Gasteiger partial charge >= 0.3 is 0 Å². The highest BCUT2D eigenvalue weighted by Gasteiger charge is 2.33. The van der Waals surface area contributed by atoms with E-state index in [4.69, 9.17) is 0 Å². The van der Waals surface area contributed by atoms with Crippen molar-refractivity contribution in [2.75, 3.05) is 25.4 Å². The molecule has 1 saturated heterocycles. The van der Waals surface area contributed by atoms with Crippen LogP contribution in [0.1, 0.15) is 19.3 Å². The fourth-order valence-corrected chi connectivity index (χ4v) is 6.59. The van der Waals surface area contributed by atoms with E-state index in [-0.39, 0.29) is 18.4 Å². The Morgan fingerprint density at radius 3 is 2.78 bits per heavy atom. The average Bonchev–Trinajstić information content (AvgIpc) is 3.24. The number of nitrogens with one attached hydrogen (secondary N) is 1. The molecule has 0 saturated carbocycles. The highest BCUT2D eigenvalue weighted by Crippen LogP contribution is 2.26. The van der Waals surface area contributed by atoms with Crippen molar-refractivity contribution in [1.82, 2.24) is 9.62 Å². The Bertz CT molecular complexity index is 823. The van der Waals surface area contributed by atoms with Gasteiger partial charge in [-0.25, -0.2) is 8.42 Å². The van der Waals surface area contributed by atoms with Crippen molar-refractivity contribution in [2.24, 2.45) is 5.92 Å². The Balaban J connectivity index is 1.43. The number of nitrogens with zero attached hydrogens (tertiary/aromatic N) is 1. The summed E-state index contributed by atoms with van der Waals surface area (Å²) in [5.74, 6) is 0.634. The number of carbonyl (C=O) groups is 1. The first-order valence-electron chi connectivity index (χ1n) is 9.06. The fourth-order valence-electron chi connectivity index (χ4n) is 3.05. The van der Waals surface area contributed by atoms with Crippen molar-refractivity contribution >= 4 is 39.0 Å². The van der Waals surface area contributed by atoms with Gasteiger partial charge in [0.15, 0.2) is 0 Å². The lowest BCUT2D eigenvalue weighted by Crippen LogP contribution is -2.45. The van der Waals surface area contributed by atoms with Gasteiger partial charge in [-0.1, -0.05) is 24.3 Å². The third-order valence-electron chi connectivity index (χ3n) is 4.48. The van der Waals surface area contributed by atoms with Crippen LogP contribution in [0.3, 0.4) is 0 Å². The molecule has 0 aliphatic carbocycles. The largest absolute Gasteiger partial charge is 0.356 e. The molecular formula is C19H24N2O3S3. The Morgan fingerprint density at radius 2 is 2.04 bits per heavy atom. The van der Waals surface area contributed by atoms with Crippen LogP contribution in [0.4, 0.5) is 0 Å². The third-order valence-corrected chi connectivity index (χ3v) is 8.81. The van der Waals surface area contributed by atoms with E-state index in [0.29, 0.717) is 23.7 Å². The summed E-state index contributed by atoms with van der Waals surface area (Å²) >= 11 is 2.99. The van der Waals surface area contributed by atoms with E-state index >= 15 is 0 Å². The van der Waals surface area contributed by atoms with Crippen LogP contribution in [0, 0.1) is 5.92 Å². The van der Waals surface area contributed by atoms with Crippen LogP contribution in [-0.4, -0.2) is 44.0 Å². The van der Waals surface area contributed by atoms with Gasteiger partial charge in [0.05, 0.1) is 5.92 Å². The van der Waals surface area contributed by atoms with Crippen molar-refractivity contribution < 1.29 is 13.2 Å². The molecule has 0 spiro atoms. The number of thioether (sulfide) groups is 1. The van der Waals surface area contributed by atoms with Crippen molar-refractivity contribution in [1.29, 1.82) is 0 Å². The second-order valence-electron chi connectivity index (χ2n) is 6.44. The molecule has 2 heterocycles. The maximum Gasteiger partial charge on any atom is 0.252 e. The Morgan fingerprint density at radius 1 is 1.22 bits per heavy atom. The van der Waals surface area contributed by atoms with Gasteiger partial charge in [0.1, 0.15) is 4.21 Å². The van der Waals surface area contributed by atoms with Crippen molar-refractivity contribution in [2.45, 2.75) is 28.4 Å². The number of thiophene rings is 1. The average molecular weight is 425 g/mol. The summed E-state index contributed by atoms with van der Waals surface area (Å²) in [6, 6.07) is 13.5. The van der Waals surface area contributed by atoms with Crippen LogP contribution >= 0.6 is 23.1 Å². The Labute approximate surface area is 169 Å². The molecule has 1 aliphatic heterocycles. The minimum Gasteiger partial charge on any atom is -0.356 e. The third kappa shape index (κ3) is 5.57.